The Morgan fingerprint density at radius 3 is 1.76 bits per heavy atom. The van der Waals surface area contributed by atoms with Crippen molar-refractivity contribution < 1.29 is 19.5 Å². The van der Waals surface area contributed by atoms with Crippen LogP contribution in [0.15, 0.2) is 119 Å². The second kappa shape index (κ2) is 14.9. The minimum absolute atomic E-state index is 0.00875. The number of carbonyl (C=O) groups excluding carboxylic acids is 2. The first-order chi connectivity index (χ1) is 21.5. The van der Waals surface area contributed by atoms with E-state index in [1.165, 1.54) is 0 Å². The van der Waals surface area contributed by atoms with Crippen LogP contribution in [0, 0.1) is 5.41 Å². The number of carboxylic acid groups (broad SMARTS) is 1. The SMILES string of the molecule is CC1=C(c2ccccc2)C=C(C(=O)N[C@@H](C)C(=O)CCc2ccc(C(=N)N)cc2)C1.CC1=C(c2ccccc2)C=C(C(=O)O)C1. The third kappa shape index (κ3) is 8.63. The molecule has 7 nitrogen and oxygen atoms in total. The molecular formula is C38H39N3O4. The van der Waals surface area contributed by atoms with Gasteiger partial charge in [0.1, 0.15) is 5.84 Å². The normalized spacial score (nSPS) is 14.6. The molecule has 0 saturated carbocycles. The summed E-state index contributed by atoms with van der Waals surface area (Å²) < 4.78 is 0. The van der Waals surface area contributed by atoms with Gasteiger partial charge in [0.15, 0.2) is 5.78 Å². The molecule has 3 aromatic carbocycles. The van der Waals surface area contributed by atoms with Crippen molar-refractivity contribution in [1.29, 1.82) is 5.41 Å². The van der Waals surface area contributed by atoms with E-state index in [9.17, 15) is 14.4 Å². The number of nitrogen functional groups attached to an aromatic ring is 1. The highest BCUT2D eigenvalue weighted by molar-refractivity contribution is 6.02. The second-order valence-corrected chi connectivity index (χ2v) is 11.4. The first-order valence-corrected chi connectivity index (χ1v) is 14.9. The number of amides is 1. The Morgan fingerprint density at radius 2 is 1.29 bits per heavy atom. The van der Waals surface area contributed by atoms with Crippen LogP contribution >= 0.6 is 0 Å². The third-order valence-electron chi connectivity index (χ3n) is 7.96. The van der Waals surface area contributed by atoms with E-state index in [1.807, 2.05) is 92.7 Å². The fourth-order valence-electron chi connectivity index (χ4n) is 5.34. The van der Waals surface area contributed by atoms with Crippen LogP contribution in [0.25, 0.3) is 11.1 Å². The van der Waals surface area contributed by atoms with E-state index in [2.05, 4.69) is 5.32 Å². The van der Waals surface area contributed by atoms with E-state index in [4.69, 9.17) is 16.2 Å². The lowest BCUT2D eigenvalue weighted by atomic mass is 10.0. The van der Waals surface area contributed by atoms with Crippen LogP contribution in [0.1, 0.15) is 62.3 Å². The minimum atomic E-state index is -0.819. The predicted octanol–water partition coefficient (Wildman–Crippen LogP) is 6.66. The van der Waals surface area contributed by atoms with Crippen LogP contribution < -0.4 is 11.1 Å². The zero-order valence-electron chi connectivity index (χ0n) is 25.9. The Balaban J connectivity index is 0.000000256. The molecule has 0 unspecified atom stereocenters. The van der Waals surface area contributed by atoms with Gasteiger partial charge in [0.25, 0.3) is 0 Å². The highest BCUT2D eigenvalue weighted by Gasteiger charge is 2.23. The van der Waals surface area contributed by atoms with Crippen molar-refractivity contribution in [3.63, 3.8) is 0 Å². The summed E-state index contributed by atoms with van der Waals surface area (Å²) in [5.41, 5.74) is 14.9. The largest absolute Gasteiger partial charge is 0.478 e. The second-order valence-electron chi connectivity index (χ2n) is 11.4. The molecule has 0 heterocycles. The van der Waals surface area contributed by atoms with Gasteiger partial charge < -0.3 is 16.2 Å². The van der Waals surface area contributed by atoms with Gasteiger partial charge in [0.05, 0.1) is 6.04 Å². The molecule has 2 aliphatic rings. The van der Waals surface area contributed by atoms with Crippen molar-refractivity contribution in [3.05, 3.63) is 142 Å². The first-order valence-electron chi connectivity index (χ1n) is 14.9. The van der Waals surface area contributed by atoms with Crippen molar-refractivity contribution in [2.75, 3.05) is 0 Å². The third-order valence-corrected chi connectivity index (χ3v) is 7.96. The van der Waals surface area contributed by atoms with Crippen molar-refractivity contribution in [3.8, 4) is 0 Å². The molecule has 1 atom stereocenters. The fourth-order valence-corrected chi connectivity index (χ4v) is 5.34. The Hall–Kier alpha value is -5.30. The average molecular weight is 602 g/mol. The minimum Gasteiger partial charge on any atom is -0.478 e. The summed E-state index contributed by atoms with van der Waals surface area (Å²) in [7, 11) is 0. The number of nitrogens with two attached hydrogens (primary N) is 1. The smallest absolute Gasteiger partial charge is 0.331 e. The molecule has 0 aromatic heterocycles. The number of aliphatic carboxylic acids is 1. The van der Waals surface area contributed by atoms with Crippen LogP contribution in [0.2, 0.25) is 0 Å². The zero-order chi connectivity index (χ0) is 32.5. The molecule has 0 bridgehead atoms. The molecule has 3 aromatic rings. The number of aryl methyl sites for hydroxylation is 1. The van der Waals surface area contributed by atoms with Crippen LogP contribution in [-0.4, -0.2) is 34.6 Å². The van der Waals surface area contributed by atoms with Crippen molar-refractivity contribution in [2.24, 2.45) is 5.73 Å². The van der Waals surface area contributed by atoms with Crippen LogP contribution in [0.4, 0.5) is 0 Å². The molecule has 0 saturated heterocycles. The number of hydrogen-bond acceptors (Lipinski definition) is 4. The van der Waals surface area contributed by atoms with Crippen LogP contribution in [-0.2, 0) is 20.8 Å². The number of benzene rings is 3. The lowest BCUT2D eigenvalue weighted by Gasteiger charge is -2.13. The molecular weight excluding hydrogens is 562 g/mol. The van der Waals surface area contributed by atoms with Gasteiger partial charge in [-0.05, 0) is 73.6 Å². The van der Waals surface area contributed by atoms with Gasteiger partial charge in [-0.25, -0.2) is 4.79 Å². The van der Waals surface area contributed by atoms with Gasteiger partial charge >= 0.3 is 5.97 Å². The summed E-state index contributed by atoms with van der Waals surface area (Å²) in [6, 6.07) is 26.6. The molecule has 45 heavy (non-hydrogen) atoms. The van der Waals surface area contributed by atoms with E-state index < -0.39 is 12.0 Å². The number of carboxylic acids is 1. The summed E-state index contributed by atoms with van der Waals surface area (Å²) in [5, 5.41) is 19.2. The molecule has 7 heteroatoms. The first kappa shape index (κ1) is 32.6. The summed E-state index contributed by atoms with van der Waals surface area (Å²) >= 11 is 0. The molecule has 1 amide bonds. The maximum Gasteiger partial charge on any atom is 0.331 e. The Kier molecular flexibility index (Phi) is 10.8. The molecule has 2 aliphatic carbocycles. The number of allylic oxidation sites excluding steroid dienone is 6. The average Bonchev–Trinajstić information content (AvgIpc) is 3.64. The number of amidine groups is 1. The van der Waals surface area contributed by atoms with Crippen LogP contribution in [0.5, 0.6) is 0 Å². The monoisotopic (exact) mass is 601 g/mol. The Morgan fingerprint density at radius 1 is 0.800 bits per heavy atom. The molecule has 0 spiro atoms. The Labute approximate surface area is 264 Å². The van der Waals surface area contributed by atoms with Gasteiger partial charge in [-0.2, -0.15) is 0 Å². The van der Waals surface area contributed by atoms with E-state index in [0.717, 1.165) is 39.0 Å². The highest BCUT2D eigenvalue weighted by Crippen LogP contribution is 2.33. The molecule has 5 rings (SSSR count). The maximum atomic E-state index is 12.7. The lowest BCUT2D eigenvalue weighted by molar-refractivity contribution is -0.132. The quantitative estimate of drug-likeness (QED) is 0.152. The predicted molar refractivity (Wildman–Crippen MR) is 179 cm³/mol. The summed E-state index contributed by atoms with van der Waals surface area (Å²) in [6.45, 7) is 5.74. The molecule has 230 valence electrons. The van der Waals surface area contributed by atoms with Crippen LogP contribution in [0.3, 0.4) is 0 Å². The van der Waals surface area contributed by atoms with Gasteiger partial charge in [0.2, 0.25) is 5.91 Å². The standard InChI is InChI=1S/C25H27N3O2.C13H12O2/c1-16-14-21(15-22(16)19-6-4-3-5-7-19)25(30)28-17(2)23(29)13-10-18-8-11-20(12-9-18)24(26)27;1-9-7-11(13(14)15)8-12(9)10-5-3-2-4-6-10/h3-9,11-12,15,17H,10,13-14H2,1-2H3,(H3,26,27)(H,28,30);2-6,8H,7H2,1H3,(H,14,15)/t17-;/m0./s1. The summed E-state index contributed by atoms with van der Waals surface area (Å²) in [6.07, 6.45) is 5.77. The number of ketones is 1. The summed E-state index contributed by atoms with van der Waals surface area (Å²) in [4.78, 5) is 36.0. The Bertz CT molecular complexity index is 1710. The van der Waals surface area contributed by atoms with Crippen molar-refractivity contribution in [1.82, 2.24) is 5.32 Å². The zero-order valence-corrected chi connectivity index (χ0v) is 25.9. The number of Topliss-reactive ketones (excluding diaryl/α,β-unsaturated/α-hetero) is 1. The van der Waals surface area contributed by atoms with Gasteiger partial charge in [-0.15, -0.1) is 0 Å². The number of hydrogen-bond donors (Lipinski definition) is 4. The number of nitrogens with one attached hydrogen (secondary N) is 2. The van der Waals surface area contributed by atoms with E-state index in [0.29, 0.717) is 42.4 Å². The number of carbonyl (C=O) groups is 3. The molecule has 0 fully saturated rings. The molecule has 5 N–H and O–H groups in total. The van der Waals surface area contributed by atoms with E-state index in [1.54, 1.807) is 25.1 Å². The van der Waals surface area contributed by atoms with Crippen molar-refractivity contribution in [2.45, 2.75) is 52.5 Å². The van der Waals surface area contributed by atoms with Gasteiger partial charge in [-0.3, -0.25) is 15.0 Å². The fraction of sp³-hybridized carbons (Fsp3) is 0.211. The molecule has 0 radical (unpaired) electrons. The lowest BCUT2D eigenvalue weighted by Crippen LogP contribution is -2.39. The van der Waals surface area contributed by atoms with E-state index >= 15 is 0 Å². The van der Waals surface area contributed by atoms with Crippen molar-refractivity contribution >= 4 is 34.6 Å². The van der Waals surface area contributed by atoms with Gasteiger partial charge in [-0.1, -0.05) is 96.1 Å². The van der Waals surface area contributed by atoms with Gasteiger partial charge in [0, 0.05) is 29.6 Å². The van der Waals surface area contributed by atoms with E-state index in [-0.39, 0.29) is 17.5 Å². The topological polar surface area (TPSA) is 133 Å². The summed E-state index contributed by atoms with van der Waals surface area (Å²) in [5.74, 6) is -0.992. The number of rotatable bonds is 10. The molecule has 0 aliphatic heterocycles. The maximum absolute atomic E-state index is 12.7. The highest BCUT2D eigenvalue weighted by atomic mass is 16.4.